The number of carbonyl (C=O) groups is 1. The molecule has 0 saturated carbocycles. The number of anilines is 1. The normalized spacial score (nSPS) is 20.1. The number of fused-ring (bicyclic) bond motifs is 2. The standard InChI is InChI=1S/C25H29ClFN3O.C2H6/c1-2-3-18-12-19(24(28)13-23(18)26)6-11-25(31)30-21-9-10-22(30)16-29(15-21)14-17-4-7-20(27)8-5-17;1-2/h4-8,11-13,21-22H,2-3,9-10,14-16,28H2,1H3;1-2H3/b11-6+;. The zero-order valence-corrected chi connectivity index (χ0v) is 20.6. The van der Waals surface area contributed by atoms with Crippen molar-refractivity contribution in [2.75, 3.05) is 18.8 Å². The number of nitrogen functional groups attached to an aromatic ring is 1. The van der Waals surface area contributed by atoms with Gasteiger partial charge in [0.05, 0.1) is 0 Å². The summed E-state index contributed by atoms with van der Waals surface area (Å²) in [7, 11) is 0. The van der Waals surface area contributed by atoms with Gasteiger partial charge >= 0.3 is 0 Å². The molecule has 2 aliphatic heterocycles. The molecule has 2 fully saturated rings. The van der Waals surface area contributed by atoms with Crippen LogP contribution in [0, 0.1) is 5.82 Å². The minimum absolute atomic E-state index is 0.0420. The Bertz CT molecular complexity index is 962. The molecular formula is C27H35ClFN3O. The van der Waals surface area contributed by atoms with E-state index < -0.39 is 0 Å². The lowest BCUT2D eigenvalue weighted by Gasteiger charge is -2.40. The van der Waals surface area contributed by atoms with E-state index in [9.17, 15) is 9.18 Å². The van der Waals surface area contributed by atoms with E-state index >= 15 is 0 Å². The van der Waals surface area contributed by atoms with Crippen LogP contribution in [0.25, 0.3) is 6.08 Å². The highest BCUT2D eigenvalue weighted by Crippen LogP contribution is 2.32. The van der Waals surface area contributed by atoms with Crippen LogP contribution in [0.1, 0.15) is 56.7 Å². The van der Waals surface area contributed by atoms with Crippen molar-refractivity contribution in [2.24, 2.45) is 0 Å². The van der Waals surface area contributed by atoms with Crippen molar-refractivity contribution >= 4 is 29.3 Å². The molecule has 0 radical (unpaired) electrons. The number of nitrogens with two attached hydrogens (primary N) is 1. The van der Waals surface area contributed by atoms with Gasteiger partial charge in [0.2, 0.25) is 5.91 Å². The third kappa shape index (κ3) is 6.15. The zero-order valence-electron chi connectivity index (χ0n) is 19.9. The molecule has 2 atom stereocenters. The van der Waals surface area contributed by atoms with Crippen molar-refractivity contribution in [1.82, 2.24) is 9.80 Å². The molecule has 2 N–H and O–H groups in total. The first kappa shape index (κ1) is 25.3. The largest absolute Gasteiger partial charge is 0.398 e. The number of benzene rings is 2. The van der Waals surface area contributed by atoms with Gasteiger partial charge in [0.15, 0.2) is 0 Å². The predicted molar refractivity (Wildman–Crippen MR) is 136 cm³/mol. The van der Waals surface area contributed by atoms with Gasteiger partial charge < -0.3 is 10.6 Å². The Morgan fingerprint density at radius 3 is 2.39 bits per heavy atom. The lowest BCUT2D eigenvalue weighted by molar-refractivity contribution is -0.131. The number of amides is 1. The molecular weight excluding hydrogens is 437 g/mol. The van der Waals surface area contributed by atoms with Gasteiger partial charge in [-0.3, -0.25) is 9.69 Å². The highest BCUT2D eigenvalue weighted by molar-refractivity contribution is 6.31. The van der Waals surface area contributed by atoms with Crippen LogP contribution < -0.4 is 5.73 Å². The smallest absolute Gasteiger partial charge is 0.247 e. The monoisotopic (exact) mass is 471 g/mol. The van der Waals surface area contributed by atoms with Crippen LogP contribution in [0.2, 0.25) is 5.02 Å². The fraction of sp³-hybridized carbons (Fsp3) is 0.444. The summed E-state index contributed by atoms with van der Waals surface area (Å²) in [5.74, 6) is -0.172. The van der Waals surface area contributed by atoms with Gasteiger partial charge in [-0.05, 0) is 66.3 Å². The van der Waals surface area contributed by atoms with Crippen LogP contribution in [0.3, 0.4) is 0 Å². The van der Waals surface area contributed by atoms with E-state index in [2.05, 4.69) is 11.8 Å². The van der Waals surface area contributed by atoms with Crippen molar-refractivity contribution in [3.8, 4) is 0 Å². The van der Waals surface area contributed by atoms with Crippen molar-refractivity contribution < 1.29 is 9.18 Å². The third-order valence-corrected chi connectivity index (χ3v) is 6.66. The minimum Gasteiger partial charge on any atom is -0.398 e. The van der Waals surface area contributed by atoms with Gasteiger partial charge in [0.25, 0.3) is 0 Å². The van der Waals surface area contributed by atoms with E-state index in [4.69, 9.17) is 17.3 Å². The van der Waals surface area contributed by atoms with Gasteiger partial charge in [-0.2, -0.15) is 0 Å². The maximum absolute atomic E-state index is 13.2. The van der Waals surface area contributed by atoms with Gasteiger partial charge in [-0.15, -0.1) is 0 Å². The second kappa shape index (κ2) is 11.7. The molecule has 33 heavy (non-hydrogen) atoms. The van der Waals surface area contributed by atoms with E-state index in [1.165, 1.54) is 12.1 Å². The molecule has 2 aromatic carbocycles. The van der Waals surface area contributed by atoms with Crippen molar-refractivity contribution in [3.05, 3.63) is 70.0 Å². The van der Waals surface area contributed by atoms with Crippen molar-refractivity contribution in [1.29, 1.82) is 0 Å². The fourth-order valence-corrected chi connectivity index (χ4v) is 5.10. The number of aryl methyl sites for hydroxylation is 1. The number of likely N-dealkylation sites (tertiary alicyclic amines) is 1. The molecule has 0 aliphatic carbocycles. The van der Waals surface area contributed by atoms with Crippen LogP contribution >= 0.6 is 11.6 Å². The molecule has 2 saturated heterocycles. The topological polar surface area (TPSA) is 49.6 Å². The van der Waals surface area contributed by atoms with Crippen LogP contribution in [0.5, 0.6) is 0 Å². The number of carbonyl (C=O) groups excluding carboxylic acids is 1. The SMILES string of the molecule is CC.CCCc1cc(/C=C/C(=O)N2C3CCC2CN(Cc2ccc(F)cc2)C3)c(N)cc1Cl. The van der Waals surface area contributed by atoms with E-state index in [1.807, 2.05) is 43.0 Å². The van der Waals surface area contributed by atoms with Gasteiger partial charge in [-0.1, -0.05) is 50.9 Å². The molecule has 2 aromatic rings. The van der Waals surface area contributed by atoms with E-state index in [1.54, 1.807) is 12.1 Å². The Morgan fingerprint density at radius 1 is 1.15 bits per heavy atom. The highest BCUT2D eigenvalue weighted by atomic mass is 35.5. The summed E-state index contributed by atoms with van der Waals surface area (Å²) in [6.45, 7) is 8.58. The average Bonchev–Trinajstić information content (AvgIpc) is 3.08. The number of hydrogen-bond donors (Lipinski definition) is 1. The molecule has 2 unspecified atom stereocenters. The highest BCUT2D eigenvalue weighted by Gasteiger charge is 2.41. The van der Waals surface area contributed by atoms with Gasteiger partial charge in [0, 0.05) is 48.5 Å². The molecule has 4 rings (SSSR count). The van der Waals surface area contributed by atoms with E-state index in [0.29, 0.717) is 10.7 Å². The molecule has 2 aliphatic rings. The maximum Gasteiger partial charge on any atom is 0.247 e. The summed E-state index contributed by atoms with van der Waals surface area (Å²) < 4.78 is 13.2. The number of rotatable bonds is 6. The average molecular weight is 472 g/mol. The molecule has 2 heterocycles. The molecule has 2 bridgehead atoms. The number of piperazine rings is 1. The predicted octanol–water partition coefficient (Wildman–Crippen LogP) is 5.93. The Morgan fingerprint density at radius 2 is 1.79 bits per heavy atom. The zero-order chi connectivity index (χ0) is 24.0. The van der Waals surface area contributed by atoms with Crippen LogP contribution in [-0.4, -0.2) is 40.9 Å². The Balaban J connectivity index is 0.00000149. The molecule has 178 valence electrons. The Hall–Kier alpha value is -2.37. The maximum atomic E-state index is 13.2. The first-order valence-electron chi connectivity index (χ1n) is 12.0. The summed E-state index contributed by atoms with van der Waals surface area (Å²) >= 11 is 6.29. The van der Waals surface area contributed by atoms with Crippen LogP contribution in [0.4, 0.5) is 10.1 Å². The fourth-order valence-electron chi connectivity index (χ4n) is 4.83. The second-order valence-corrected chi connectivity index (χ2v) is 9.01. The summed E-state index contributed by atoms with van der Waals surface area (Å²) in [5, 5.41) is 0.679. The molecule has 6 heteroatoms. The van der Waals surface area contributed by atoms with Gasteiger partial charge in [-0.25, -0.2) is 4.39 Å². The lowest BCUT2D eigenvalue weighted by atomic mass is 10.0. The second-order valence-electron chi connectivity index (χ2n) is 8.61. The Kier molecular flexibility index (Phi) is 8.93. The van der Waals surface area contributed by atoms with Crippen LogP contribution in [0.15, 0.2) is 42.5 Å². The van der Waals surface area contributed by atoms with E-state index in [-0.39, 0.29) is 23.8 Å². The van der Waals surface area contributed by atoms with E-state index in [0.717, 1.165) is 62.0 Å². The first-order chi connectivity index (χ1) is 15.9. The molecule has 4 nitrogen and oxygen atoms in total. The summed E-state index contributed by atoms with van der Waals surface area (Å²) in [6, 6.07) is 10.9. The number of halogens is 2. The third-order valence-electron chi connectivity index (χ3n) is 6.31. The molecule has 0 aromatic heterocycles. The quantitative estimate of drug-likeness (QED) is 0.419. The molecule has 1 amide bonds. The number of nitrogens with zero attached hydrogens (tertiary/aromatic N) is 2. The number of hydrogen-bond acceptors (Lipinski definition) is 3. The minimum atomic E-state index is -0.214. The first-order valence-corrected chi connectivity index (χ1v) is 12.4. The molecule has 0 spiro atoms. The summed E-state index contributed by atoms with van der Waals surface area (Å²) in [6.07, 6.45) is 7.39. The summed E-state index contributed by atoms with van der Waals surface area (Å²) in [4.78, 5) is 17.4. The van der Waals surface area contributed by atoms with Crippen molar-refractivity contribution in [3.63, 3.8) is 0 Å². The summed E-state index contributed by atoms with van der Waals surface area (Å²) in [5.41, 5.74) is 9.70. The lowest BCUT2D eigenvalue weighted by Crippen LogP contribution is -2.55. The Labute approximate surface area is 202 Å². The van der Waals surface area contributed by atoms with Crippen molar-refractivity contribution in [2.45, 2.75) is 65.1 Å². The van der Waals surface area contributed by atoms with Crippen LogP contribution in [-0.2, 0) is 17.8 Å². The van der Waals surface area contributed by atoms with Gasteiger partial charge in [0.1, 0.15) is 5.82 Å².